The van der Waals surface area contributed by atoms with Gasteiger partial charge in [-0.1, -0.05) is 80.6 Å². The van der Waals surface area contributed by atoms with Gasteiger partial charge in [-0.2, -0.15) is 17.0 Å². The van der Waals surface area contributed by atoms with Crippen molar-refractivity contribution in [2.24, 2.45) is 0 Å². The molecule has 10 aromatic rings. The first kappa shape index (κ1) is 79.3. The molecule has 0 spiro atoms. The van der Waals surface area contributed by atoms with E-state index in [0.717, 1.165) is 130 Å². The molecule has 4 fully saturated rings. The standard InChI is InChI=1S/C18H25N3OS.C17H25N3O2S.C15H18F2N2OS.C15H16F2N2OS.C15H18N2OS/c1-23(22,20-10-4-5-11-20)21-12-8-15(9-13-21)17-14-19-18-7-3-2-6-16(17)18;1-3-19(4-2)23(21,22)20-11-9-14(10-12-20)16-13-18-17-8-6-5-7-15(16)17;2*1-21(2,20)19-5-3-10(4-6-19)12-9-18-14-8-11(16)7-13(17)15(12)14;1-19(2,18)17-9-7-12(8-10-17)14-11-16-15-6-4-3-5-13(14)15/h2-3,6-7,14-15,19H,1,4-5,8-13H2;5-8,13-14,18H,3-4,9-12H2,1-2H3;7-10,18H,1,3-6H2,2H3;3,7-9,18H,1,4-6H2,2H3;3-7,11,16H,1,8-10H2,2H3. The predicted molar refractivity (Wildman–Crippen MR) is 442 cm³/mol. The van der Waals surface area contributed by atoms with Crippen LogP contribution >= 0.6 is 0 Å². The monoisotopic (exact) mass is 1560 g/mol. The molecular formula is C80H102F4N12O6S5. The van der Waals surface area contributed by atoms with Crippen LogP contribution in [0.4, 0.5) is 17.6 Å². The summed E-state index contributed by atoms with van der Waals surface area (Å²) >= 11 is 0. The second kappa shape index (κ2) is 33.5. The highest BCUT2D eigenvalue weighted by Gasteiger charge is 2.35. The van der Waals surface area contributed by atoms with Gasteiger partial charge in [0.1, 0.15) is 23.3 Å². The summed E-state index contributed by atoms with van der Waals surface area (Å²) < 4.78 is 142. The number of rotatable bonds is 14. The van der Waals surface area contributed by atoms with E-state index in [1.165, 1.54) is 56.1 Å². The Balaban J connectivity index is 0.000000125. The molecule has 0 amide bonds. The van der Waals surface area contributed by atoms with Crippen LogP contribution in [0, 0.1) is 23.3 Å². The third kappa shape index (κ3) is 18.1. The third-order valence-corrected chi connectivity index (χ3v) is 30.7. The fourth-order valence-electron chi connectivity index (χ4n) is 15.9. The Morgan fingerprint density at radius 2 is 0.776 bits per heavy atom. The van der Waals surface area contributed by atoms with Crippen molar-refractivity contribution in [3.05, 3.63) is 191 Å². The van der Waals surface area contributed by atoms with Crippen LogP contribution in [0.15, 0.2) is 140 Å². The van der Waals surface area contributed by atoms with E-state index in [0.29, 0.717) is 99.0 Å². The van der Waals surface area contributed by atoms with E-state index in [1.54, 1.807) is 44.1 Å². The summed E-state index contributed by atoms with van der Waals surface area (Å²) in [5.41, 5.74) is 12.4. The van der Waals surface area contributed by atoms with Gasteiger partial charge in [0.25, 0.3) is 10.2 Å². The zero-order valence-electron chi connectivity index (χ0n) is 61.9. The van der Waals surface area contributed by atoms with Crippen LogP contribution in [0.3, 0.4) is 0 Å². The molecule has 107 heavy (non-hydrogen) atoms. The van der Waals surface area contributed by atoms with Crippen LogP contribution in [0.1, 0.15) is 124 Å². The lowest BCUT2D eigenvalue weighted by Gasteiger charge is -2.37. The first-order chi connectivity index (χ1) is 51.0. The summed E-state index contributed by atoms with van der Waals surface area (Å²) in [6, 6.07) is 29.5. The van der Waals surface area contributed by atoms with Gasteiger partial charge >= 0.3 is 0 Å². The Morgan fingerprint density at radius 3 is 1.24 bits per heavy atom. The van der Waals surface area contributed by atoms with Gasteiger partial charge < -0.3 is 24.9 Å². The Hall–Kier alpha value is -7.25. The van der Waals surface area contributed by atoms with Crippen molar-refractivity contribution in [1.82, 2.24) is 55.1 Å². The van der Waals surface area contributed by atoms with E-state index in [4.69, 9.17) is 0 Å². The molecule has 5 N–H and O–H groups in total. The summed E-state index contributed by atoms with van der Waals surface area (Å²) in [5.74, 6) is 14.1. The van der Waals surface area contributed by atoms with Crippen LogP contribution in [0.25, 0.3) is 65.7 Å². The van der Waals surface area contributed by atoms with Gasteiger partial charge in [0.15, 0.2) is 0 Å². The minimum Gasteiger partial charge on any atom is -0.361 e. The lowest BCUT2D eigenvalue weighted by molar-refractivity contribution is 0.291. The van der Waals surface area contributed by atoms with E-state index in [9.17, 15) is 42.8 Å². The number of halogens is 4. The number of hydrogen-bond donors (Lipinski definition) is 5. The number of benzene rings is 5. The summed E-state index contributed by atoms with van der Waals surface area (Å²) in [4.78, 5) is 15.9. The SMILES string of the molecule is C=S(=O)(N1CCCC1)N1CCC(c2c[nH]c3ccccc23)CC1.C=S(C)(=O)N1CC=C(c2c[nH]c3cc(F)cc(F)c23)CC1.C=S(C)(=O)N1CC=C(c2c[nH]c3ccccc23)CC1.C=S(C)(=O)N1CCC(c2c[nH]c3cc(F)cc(F)c23)CC1.CCN(CC)S(=O)(=O)N1CCC(c2c[nH]c3ccccc23)CC1. The Morgan fingerprint density at radius 1 is 0.411 bits per heavy atom. The molecule has 5 aromatic heterocycles. The van der Waals surface area contributed by atoms with Gasteiger partial charge in [0.05, 0.1) is 20.9 Å². The molecule has 4 atom stereocenters. The number of hydrogen-bond acceptors (Lipinski definition) is 6. The van der Waals surface area contributed by atoms with Crippen molar-refractivity contribution < 1.29 is 42.8 Å². The Kier molecular flexibility index (Phi) is 24.9. The number of nitrogens with one attached hydrogen (secondary N) is 5. The van der Waals surface area contributed by atoms with Crippen molar-refractivity contribution >= 4 is 138 Å². The molecule has 4 unspecified atom stereocenters. The van der Waals surface area contributed by atoms with Crippen LogP contribution in [-0.4, -0.2) is 214 Å². The molecule has 18 nitrogen and oxygen atoms in total. The second-order valence-electron chi connectivity index (χ2n) is 28.9. The van der Waals surface area contributed by atoms with Gasteiger partial charge in [-0.15, -0.1) is 0 Å². The van der Waals surface area contributed by atoms with Gasteiger partial charge in [-0.3, -0.25) is 12.6 Å². The molecule has 11 heterocycles. The zero-order chi connectivity index (χ0) is 76.2. The first-order valence-electron chi connectivity index (χ1n) is 36.8. The number of nitrogens with zero attached hydrogens (tertiary/aromatic N) is 7. The highest BCUT2D eigenvalue weighted by Crippen LogP contribution is 2.39. The largest absolute Gasteiger partial charge is 0.361 e. The first-order valence-corrected chi connectivity index (χ1v) is 46.2. The number of para-hydroxylation sites is 3. The highest BCUT2D eigenvalue weighted by molar-refractivity contribution is 7.98. The zero-order valence-corrected chi connectivity index (χ0v) is 66.0. The van der Waals surface area contributed by atoms with Crippen LogP contribution in [0.5, 0.6) is 0 Å². The molecular weight excluding hydrogens is 1460 g/mol. The lowest BCUT2D eigenvalue weighted by Crippen LogP contribution is -2.46. The van der Waals surface area contributed by atoms with Gasteiger partial charge in [-0.25, -0.2) is 43.3 Å². The summed E-state index contributed by atoms with van der Waals surface area (Å²) in [7, 11) is -12.0. The number of aromatic nitrogens is 5. The fourth-order valence-corrected chi connectivity index (χ4v) is 22.2. The van der Waals surface area contributed by atoms with Crippen molar-refractivity contribution in [3.63, 3.8) is 0 Å². The van der Waals surface area contributed by atoms with Crippen molar-refractivity contribution in [3.8, 4) is 0 Å². The summed E-state index contributed by atoms with van der Waals surface area (Å²) in [5, 5.41) is 4.73. The molecule has 0 bridgehead atoms. The molecule has 4 saturated heterocycles. The highest BCUT2D eigenvalue weighted by atomic mass is 32.2. The molecule has 6 aliphatic heterocycles. The smallest absolute Gasteiger partial charge is 0.281 e. The van der Waals surface area contributed by atoms with Crippen molar-refractivity contribution in [2.75, 3.05) is 110 Å². The van der Waals surface area contributed by atoms with Gasteiger partial charge in [0.2, 0.25) is 0 Å². The average molecular weight is 1560 g/mol. The van der Waals surface area contributed by atoms with E-state index in [2.05, 4.69) is 142 Å². The molecule has 16 rings (SSSR count). The maximum atomic E-state index is 14.0. The normalized spacial score (nSPS) is 20.5. The van der Waals surface area contributed by atoms with Crippen LogP contribution < -0.4 is 0 Å². The number of H-pyrrole nitrogens is 5. The van der Waals surface area contributed by atoms with Crippen LogP contribution in [-0.2, 0) is 49.2 Å². The van der Waals surface area contributed by atoms with Crippen LogP contribution in [0.2, 0.25) is 0 Å². The molecule has 576 valence electrons. The molecule has 27 heteroatoms. The minimum atomic E-state index is -3.30. The van der Waals surface area contributed by atoms with E-state index in [-0.39, 0.29) is 5.92 Å². The van der Waals surface area contributed by atoms with Crippen molar-refractivity contribution in [1.29, 1.82) is 0 Å². The Labute approximate surface area is 629 Å². The second-order valence-corrected chi connectivity index (χ2v) is 40.4. The molecule has 0 aliphatic carbocycles. The lowest BCUT2D eigenvalue weighted by atomic mass is 9.90. The van der Waals surface area contributed by atoms with Crippen molar-refractivity contribution in [2.45, 2.75) is 95.8 Å². The van der Waals surface area contributed by atoms with E-state index < -0.39 is 72.5 Å². The van der Waals surface area contributed by atoms with Gasteiger partial charge in [0, 0.05) is 237 Å². The quantitative estimate of drug-likeness (QED) is 0.0529. The van der Waals surface area contributed by atoms with Gasteiger partial charge in [-0.05, 0) is 164 Å². The summed E-state index contributed by atoms with van der Waals surface area (Å²) in [6.07, 6.45) is 28.2. The molecule has 0 radical (unpaired) electrons. The topological polar surface area (TPSA) is 204 Å². The minimum absolute atomic E-state index is 0.191. The number of piperidine rings is 3. The molecule has 6 aliphatic rings. The average Bonchev–Trinajstić information content (AvgIpc) is 1.71. The molecule has 5 aromatic carbocycles. The predicted octanol–water partition coefficient (Wildman–Crippen LogP) is 14.1. The van der Waals surface area contributed by atoms with E-state index >= 15 is 0 Å². The molecule has 0 saturated carbocycles. The maximum Gasteiger partial charge on any atom is 0.281 e. The maximum absolute atomic E-state index is 14.0. The van der Waals surface area contributed by atoms with E-state index in [1.807, 2.05) is 40.7 Å². The number of aromatic amines is 5. The Bertz CT molecular complexity index is 5340. The third-order valence-electron chi connectivity index (χ3n) is 21.8. The number of fused-ring (bicyclic) bond motifs is 5. The summed E-state index contributed by atoms with van der Waals surface area (Å²) in [6.45, 7) is 13.7. The fraction of sp³-hybridized carbons (Fsp3) is 0.400.